The van der Waals surface area contributed by atoms with Crippen LogP contribution in [0.3, 0.4) is 0 Å². The van der Waals surface area contributed by atoms with Crippen LogP contribution in [0.2, 0.25) is 0 Å². The maximum atomic E-state index is 8.56. The minimum absolute atomic E-state index is 0.470. The number of aromatic nitrogens is 3. The van der Waals surface area contributed by atoms with E-state index in [-0.39, 0.29) is 0 Å². The van der Waals surface area contributed by atoms with Crippen molar-refractivity contribution in [2.45, 2.75) is 125 Å². The molecule has 3 aromatic heterocycles. The van der Waals surface area contributed by atoms with Gasteiger partial charge in [-0.3, -0.25) is 0 Å². The van der Waals surface area contributed by atoms with Gasteiger partial charge >= 0.3 is 0 Å². The normalized spacial score (nSPS) is 11.5. The first-order chi connectivity index (χ1) is 28.3. The molecule has 0 spiro atoms. The Bertz CT molecular complexity index is 2260. The second-order valence-corrected chi connectivity index (χ2v) is 16.1. The van der Waals surface area contributed by atoms with Crippen LogP contribution in [0, 0.1) is 27.7 Å². The summed E-state index contributed by atoms with van der Waals surface area (Å²) in [5.41, 5.74) is 17.1. The molecule has 0 saturated heterocycles. The van der Waals surface area contributed by atoms with Gasteiger partial charge in [0.25, 0.3) is 0 Å². The van der Waals surface area contributed by atoms with E-state index in [9.17, 15) is 0 Å². The molecule has 3 heteroatoms. The molecule has 0 aliphatic carbocycles. The fraction of sp³-hybridized carbons (Fsp3) is 0.400. The van der Waals surface area contributed by atoms with E-state index in [0.29, 0.717) is 11.8 Å². The highest BCUT2D eigenvalue weighted by Gasteiger charge is 2.20. The molecular weight excluding hydrogens is 703 g/mol. The zero-order chi connectivity index (χ0) is 43.3. The zero-order valence-electron chi connectivity index (χ0n) is 39.3. The fourth-order valence-electron chi connectivity index (χ4n) is 8.44. The minimum Gasteiger partial charge on any atom is -0.201 e. The number of benzene rings is 3. The van der Waals surface area contributed by atoms with E-state index < -0.39 is 5.89 Å². The molecule has 0 bridgehead atoms. The van der Waals surface area contributed by atoms with E-state index in [2.05, 4.69) is 226 Å². The highest BCUT2D eigenvalue weighted by atomic mass is 14.9. The molecule has 0 atom stereocenters. The maximum Gasteiger partial charge on any atom is 0.212 e. The number of hydrogen-bond acceptors (Lipinski definition) is 0. The Balaban J connectivity index is 0.000000196. The van der Waals surface area contributed by atoms with Gasteiger partial charge in [0.05, 0.1) is 0 Å². The summed E-state index contributed by atoms with van der Waals surface area (Å²) in [6.45, 7) is 22.0. The molecule has 0 N–H and O–H groups in total. The van der Waals surface area contributed by atoms with E-state index in [1.54, 1.807) is 0 Å². The van der Waals surface area contributed by atoms with Crippen molar-refractivity contribution < 1.29 is 15.1 Å². The summed E-state index contributed by atoms with van der Waals surface area (Å²) < 4.78 is 15.2. The fourth-order valence-corrected chi connectivity index (χ4v) is 8.44. The van der Waals surface area contributed by atoms with E-state index >= 15 is 0 Å². The molecule has 0 saturated carbocycles. The average Bonchev–Trinajstić information content (AvgIpc) is 3.24. The lowest BCUT2D eigenvalue weighted by Gasteiger charge is -2.15. The standard InChI is InChI=1S/C19H26N.2C18H24N/c1-6-16(7-2)18-13-20(5)19(12-15(18)4)17-11-9-8-10-14(17)3;2*1-5-15(6-2)16-11-12-18(19(4)13-16)17-10-8-7-9-14(17)3/h8-13,16H,6-7H2,1-5H3;2*7-13,15H,5-6H2,1-4H3/q3*+1/i;15D;. The zero-order valence-corrected chi connectivity index (χ0v) is 38.3. The van der Waals surface area contributed by atoms with Crippen molar-refractivity contribution in [3.8, 4) is 33.8 Å². The first kappa shape index (κ1) is 44.2. The second kappa shape index (κ2) is 22.3. The van der Waals surface area contributed by atoms with E-state index in [1.165, 1.54) is 92.8 Å². The lowest BCUT2D eigenvalue weighted by atomic mass is 9.91. The Morgan fingerprint density at radius 1 is 0.414 bits per heavy atom. The van der Waals surface area contributed by atoms with Crippen LogP contribution in [-0.2, 0) is 21.1 Å². The van der Waals surface area contributed by atoms with E-state index in [0.717, 1.165) is 18.4 Å². The van der Waals surface area contributed by atoms with Gasteiger partial charge in [0.15, 0.2) is 18.6 Å². The van der Waals surface area contributed by atoms with Crippen LogP contribution < -0.4 is 13.7 Å². The molecule has 58 heavy (non-hydrogen) atoms. The predicted octanol–water partition coefficient (Wildman–Crippen LogP) is 13.5. The van der Waals surface area contributed by atoms with Crippen LogP contribution in [0.25, 0.3) is 33.8 Å². The quantitative estimate of drug-likeness (QED) is 0.110. The number of nitrogens with zero attached hydrogens (tertiary/aromatic N) is 3. The number of rotatable bonds is 12. The molecule has 0 fully saturated rings. The lowest BCUT2D eigenvalue weighted by Crippen LogP contribution is -2.32. The molecule has 6 aromatic rings. The van der Waals surface area contributed by atoms with Crippen molar-refractivity contribution in [1.82, 2.24) is 0 Å². The molecular formula is C55H74N3+3. The molecule has 0 aliphatic rings. The van der Waals surface area contributed by atoms with Crippen LogP contribution in [0.1, 0.15) is 138 Å². The summed E-state index contributed by atoms with van der Waals surface area (Å²) in [5.74, 6) is 0.881. The van der Waals surface area contributed by atoms with Crippen molar-refractivity contribution in [1.29, 1.82) is 0 Å². The third-order valence-electron chi connectivity index (χ3n) is 12.2. The van der Waals surface area contributed by atoms with Crippen LogP contribution in [-0.4, -0.2) is 0 Å². The van der Waals surface area contributed by atoms with Gasteiger partial charge in [0.2, 0.25) is 17.1 Å². The SMILES string of the molecule is CCC(CC)c1c[n+](C)c(-c2ccccc2C)cc1C.CCC(CC)c1ccc(-c2ccccc2C)[n+](C)c1.[2H]C(CC)(CC)c1ccc(-c2ccccc2C)[n+](C)c1. The topological polar surface area (TPSA) is 11.6 Å². The van der Waals surface area contributed by atoms with Gasteiger partial charge in [-0.25, -0.2) is 13.7 Å². The van der Waals surface area contributed by atoms with Crippen molar-refractivity contribution in [3.63, 3.8) is 0 Å². The second-order valence-electron chi connectivity index (χ2n) is 16.1. The molecule has 0 amide bonds. The Morgan fingerprint density at radius 2 is 0.793 bits per heavy atom. The molecule has 3 aromatic carbocycles. The van der Waals surface area contributed by atoms with E-state index in [4.69, 9.17) is 1.37 Å². The maximum absolute atomic E-state index is 8.56. The summed E-state index contributed by atoms with van der Waals surface area (Å²) in [4.78, 5) is 0. The summed E-state index contributed by atoms with van der Waals surface area (Å²) in [6, 6.07) is 36.8. The van der Waals surface area contributed by atoms with E-state index in [1.807, 2.05) is 0 Å². The first-order valence-corrected chi connectivity index (χ1v) is 21.9. The van der Waals surface area contributed by atoms with Gasteiger partial charge in [0, 0.05) is 53.0 Å². The molecule has 0 unspecified atom stereocenters. The van der Waals surface area contributed by atoms with Gasteiger partial charge in [-0.05, 0) is 137 Å². The highest BCUT2D eigenvalue weighted by molar-refractivity contribution is 5.63. The Hall–Kier alpha value is -4.89. The molecule has 3 heterocycles. The molecule has 3 nitrogen and oxygen atoms in total. The van der Waals surface area contributed by atoms with Gasteiger partial charge < -0.3 is 0 Å². The van der Waals surface area contributed by atoms with Crippen LogP contribution in [0.5, 0.6) is 0 Å². The molecule has 0 aliphatic heterocycles. The summed E-state index contributed by atoms with van der Waals surface area (Å²) in [7, 11) is 6.37. The van der Waals surface area contributed by atoms with Gasteiger partial charge in [0.1, 0.15) is 21.1 Å². The third kappa shape index (κ3) is 11.4. The van der Waals surface area contributed by atoms with Crippen molar-refractivity contribution in [2.24, 2.45) is 21.1 Å². The third-order valence-corrected chi connectivity index (χ3v) is 12.2. The number of hydrogen-bond donors (Lipinski definition) is 0. The lowest BCUT2D eigenvalue weighted by molar-refractivity contribution is -0.661. The summed E-state index contributed by atoms with van der Waals surface area (Å²) in [5, 5.41) is 0. The Morgan fingerprint density at radius 3 is 1.19 bits per heavy atom. The highest BCUT2D eigenvalue weighted by Crippen LogP contribution is 2.29. The van der Waals surface area contributed by atoms with Crippen molar-refractivity contribution in [3.05, 3.63) is 161 Å². The van der Waals surface area contributed by atoms with Crippen LogP contribution in [0.4, 0.5) is 0 Å². The van der Waals surface area contributed by atoms with Crippen molar-refractivity contribution >= 4 is 0 Å². The van der Waals surface area contributed by atoms with Gasteiger partial charge in [-0.2, -0.15) is 0 Å². The first-order valence-electron chi connectivity index (χ1n) is 22.4. The number of aryl methyl sites for hydroxylation is 7. The summed E-state index contributed by atoms with van der Waals surface area (Å²) in [6.07, 6.45) is 13.2. The van der Waals surface area contributed by atoms with Gasteiger partial charge in [-0.15, -0.1) is 0 Å². The molecule has 0 radical (unpaired) electrons. The van der Waals surface area contributed by atoms with Gasteiger partial charge in [-0.1, -0.05) is 96.1 Å². The van der Waals surface area contributed by atoms with Crippen LogP contribution >= 0.6 is 0 Å². The largest absolute Gasteiger partial charge is 0.212 e. The smallest absolute Gasteiger partial charge is 0.201 e. The monoisotopic (exact) mass is 778 g/mol. The number of pyridine rings is 3. The van der Waals surface area contributed by atoms with Crippen LogP contribution in [0.15, 0.2) is 122 Å². The minimum atomic E-state index is -0.470. The molecule has 6 rings (SSSR count). The Kier molecular flexibility index (Phi) is 17.0. The van der Waals surface area contributed by atoms with Crippen molar-refractivity contribution in [2.75, 3.05) is 0 Å². The molecule has 306 valence electrons. The average molecular weight is 778 g/mol. The predicted molar refractivity (Wildman–Crippen MR) is 248 cm³/mol. The summed E-state index contributed by atoms with van der Waals surface area (Å²) >= 11 is 0. The Labute approximate surface area is 354 Å².